The van der Waals surface area contributed by atoms with Crippen LogP contribution in [-0.2, 0) is 22.6 Å². The normalized spacial score (nSPS) is 25.4. The first-order chi connectivity index (χ1) is 9.16. The third kappa shape index (κ3) is 2.11. The molecule has 1 saturated carbocycles. The number of amides is 1. The van der Waals surface area contributed by atoms with Crippen LogP contribution in [0.2, 0.25) is 0 Å². The van der Waals surface area contributed by atoms with Crippen LogP contribution in [0.4, 0.5) is 0 Å². The van der Waals surface area contributed by atoms with Gasteiger partial charge in [0, 0.05) is 13.1 Å². The van der Waals surface area contributed by atoms with E-state index in [9.17, 15) is 9.59 Å². The van der Waals surface area contributed by atoms with Crippen molar-refractivity contribution in [2.24, 2.45) is 11.8 Å². The quantitative estimate of drug-likeness (QED) is 0.879. The maximum atomic E-state index is 12.4. The maximum Gasteiger partial charge on any atom is 0.307 e. The number of carbonyl (C=O) groups excluding carboxylic acids is 1. The number of fused-ring (bicyclic) bond motifs is 1. The van der Waals surface area contributed by atoms with Gasteiger partial charge < -0.3 is 10.0 Å². The first-order valence-electron chi connectivity index (χ1n) is 6.75. The molecule has 2 unspecified atom stereocenters. The number of carbonyl (C=O) groups is 2. The Morgan fingerprint density at radius 1 is 1.11 bits per heavy atom. The van der Waals surface area contributed by atoms with Gasteiger partial charge >= 0.3 is 5.97 Å². The van der Waals surface area contributed by atoms with Crippen LogP contribution in [0.25, 0.3) is 0 Å². The van der Waals surface area contributed by atoms with Crippen molar-refractivity contribution in [1.29, 1.82) is 0 Å². The van der Waals surface area contributed by atoms with E-state index < -0.39 is 11.9 Å². The van der Waals surface area contributed by atoms with Crippen molar-refractivity contribution in [2.75, 3.05) is 6.54 Å². The molecular weight excluding hydrogens is 242 g/mol. The average Bonchev–Trinajstić information content (AvgIpc) is 2.36. The topological polar surface area (TPSA) is 57.6 Å². The Kier molecular flexibility index (Phi) is 3.01. The first-order valence-corrected chi connectivity index (χ1v) is 6.75. The Hall–Kier alpha value is -1.84. The first kappa shape index (κ1) is 12.2. The predicted molar refractivity (Wildman–Crippen MR) is 69.4 cm³/mol. The molecule has 0 spiro atoms. The number of benzene rings is 1. The second kappa shape index (κ2) is 4.68. The summed E-state index contributed by atoms with van der Waals surface area (Å²) >= 11 is 0. The fraction of sp³-hybridized carbons (Fsp3) is 0.467. The summed E-state index contributed by atoms with van der Waals surface area (Å²) in [4.78, 5) is 25.2. The van der Waals surface area contributed by atoms with E-state index in [0.29, 0.717) is 25.9 Å². The number of carboxylic acid groups (broad SMARTS) is 1. The van der Waals surface area contributed by atoms with Crippen LogP contribution in [0.3, 0.4) is 0 Å². The lowest BCUT2D eigenvalue weighted by atomic mass is 9.72. The molecular formula is C15H17NO3. The number of hydrogen-bond donors (Lipinski definition) is 1. The molecule has 1 amide bonds. The molecule has 1 aromatic carbocycles. The van der Waals surface area contributed by atoms with Gasteiger partial charge in [-0.2, -0.15) is 0 Å². The van der Waals surface area contributed by atoms with Crippen LogP contribution in [0, 0.1) is 11.8 Å². The predicted octanol–water partition coefficient (Wildman–Crippen LogP) is 1.68. The lowest BCUT2D eigenvalue weighted by molar-refractivity contribution is -0.157. The molecule has 1 fully saturated rings. The lowest BCUT2D eigenvalue weighted by Crippen LogP contribution is -2.47. The van der Waals surface area contributed by atoms with Gasteiger partial charge in [-0.25, -0.2) is 0 Å². The molecule has 100 valence electrons. The van der Waals surface area contributed by atoms with Gasteiger partial charge in [0.15, 0.2) is 0 Å². The van der Waals surface area contributed by atoms with Crippen LogP contribution in [0.5, 0.6) is 0 Å². The summed E-state index contributed by atoms with van der Waals surface area (Å²) in [6.45, 7) is 1.33. The number of nitrogens with zero attached hydrogens (tertiary/aromatic N) is 1. The van der Waals surface area contributed by atoms with Gasteiger partial charge in [-0.1, -0.05) is 24.3 Å². The Bertz CT molecular complexity index is 526. The van der Waals surface area contributed by atoms with Gasteiger partial charge in [0.2, 0.25) is 5.91 Å². The largest absolute Gasteiger partial charge is 0.481 e. The number of aliphatic carboxylic acids is 1. The molecule has 0 saturated heterocycles. The molecule has 1 aliphatic heterocycles. The summed E-state index contributed by atoms with van der Waals surface area (Å²) in [6.07, 6.45) is 2.22. The molecule has 0 aromatic heterocycles. The monoisotopic (exact) mass is 259 g/mol. The van der Waals surface area contributed by atoms with Crippen molar-refractivity contribution in [2.45, 2.75) is 25.8 Å². The van der Waals surface area contributed by atoms with E-state index in [4.69, 9.17) is 5.11 Å². The van der Waals surface area contributed by atoms with Crippen LogP contribution in [-0.4, -0.2) is 28.4 Å². The second-order valence-electron chi connectivity index (χ2n) is 5.41. The number of hydrogen-bond acceptors (Lipinski definition) is 2. The molecule has 1 aliphatic carbocycles. The Morgan fingerprint density at radius 2 is 1.79 bits per heavy atom. The van der Waals surface area contributed by atoms with Crippen LogP contribution >= 0.6 is 0 Å². The Balaban J connectivity index is 1.71. The molecule has 4 heteroatoms. The van der Waals surface area contributed by atoms with Crippen molar-refractivity contribution in [3.63, 3.8) is 0 Å². The Labute approximate surface area is 112 Å². The standard InChI is InChI=1S/C15H17NO3/c17-14(12-5-6-13(12)15(18)19)16-8-7-10-3-1-2-4-11(10)9-16/h1-4,12-13H,5-9H2,(H,18,19). The van der Waals surface area contributed by atoms with E-state index >= 15 is 0 Å². The minimum Gasteiger partial charge on any atom is -0.481 e. The van der Waals surface area contributed by atoms with Gasteiger partial charge in [0.1, 0.15) is 0 Å². The molecule has 1 heterocycles. The molecule has 0 radical (unpaired) electrons. The van der Waals surface area contributed by atoms with Gasteiger partial charge in [-0.05, 0) is 30.4 Å². The van der Waals surface area contributed by atoms with E-state index in [-0.39, 0.29) is 11.8 Å². The van der Waals surface area contributed by atoms with Crippen molar-refractivity contribution < 1.29 is 14.7 Å². The zero-order valence-electron chi connectivity index (χ0n) is 10.7. The minimum absolute atomic E-state index is 0.0214. The van der Waals surface area contributed by atoms with Crippen molar-refractivity contribution in [3.05, 3.63) is 35.4 Å². The highest BCUT2D eigenvalue weighted by molar-refractivity contribution is 5.86. The third-order valence-electron chi connectivity index (χ3n) is 4.35. The zero-order chi connectivity index (χ0) is 13.4. The fourth-order valence-electron chi connectivity index (χ4n) is 3.01. The van der Waals surface area contributed by atoms with Crippen LogP contribution in [0.1, 0.15) is 24.0 Å². The molecule has 4 nitrogen and oxygen atoms in total. The highest BCUT2D eigenvalue weighted by Gasteiger charge is 2.43. The smallest absolute Gasteiger partial charge is 0.307 e. The summed E-state index contributed by atoms with van der Waals surface area (Å²) in [5, 5.41) is 9.04. The molecule has 19 heavy (non-hydrogen) atoms. The van der Waals surface area contributed by atoms with Gasteiger partial charge in [0.05, 0.1) is 11.8 Å². The van der Waals surface area contributed by atoms with Gasteiger partial charge in [0.25, 0.3) is 0 Å². The minimum atomic E-state index is -0.831. The fourth-order valence-corrected chi connectivity index (χ4v) is 3.01. The zero-order valence-corrected chi connectivity index (χ0v) is 10.7. The van der Waals surface area contributed by atoms with E-state index in [2.05, 4.69) is 6.07 Å². The van der Waals surface area contributed by atoms with Crippen LogP contribution < -0.4 is 0 Å². The van der Waals surface area contributed by atoms with Crippen molar-refractivity contribution in [1.82, 2.24) is 4.90 Å². The number of rotatable bonds is 2. The van der Waals surface area contributed by atoms with Gasteiger partial charge in [-0.15, -0.1) is 0 Å². The van der Waals surface area contributed by atoms with Gasteiger partial charge in [-0.3, -0.25) is 9.59 Å². The highest BCUT2D eigenvalue weighted by atomic mass is 16.4. The van der Waals surface area contributed by atoms with E-state index in [0.717, 1.165) is 6.42 Å². The van der Waals surface area contributed by atoms with E-state index in [1.807, 2.05) is 23.1 Å². The SMILES string of the molecule is O=C(O)C1CCC1C(=O)N1CCc2ccccc2C1. The molecule has 1 aromatic rings. The van der Waals surface area contributed by atoms with Crippen molar-refractivity contribution >= 4 is 11.9 Å². The maximum absolute atomic E-state index is 12.4. The van der Waals surface area contributed by atoms with E-state index in [1.54, 1.807) is 0 Å². The molecule has 3 rings (SSSR count). The highest BCUT2D eigenvalue weighted by Crippen LogP contribution is 2.36. The summed E-state index contributed by atoms with van der Waals surface area (Å²) in [6, 6.07) is 8.14. The molecule has 2 aliphatic rings. The third-order valence-corrected chi connectivity index (χ3v) is 4.35. The van der Waals surface area contributed by atoms with E-state index in [1.165, 1.54) is 11.1 Å². The second-order valence-corrected chi connectivity index (χ2v) is 5.41. The lowest BCUT2D eigenvalue weighted by Gasteiger charge is -2.38. The van der Waals surface area contributed by atoms with Crippen molar-refractivity contribution in [3.8, 4) is 0 Å². The molecule has 2 atom stereocenters. The summed E-state index contributed by atoms with van der Waals surface area (Å²) in [5.74, 6) is -1.58. The summed E-state index contributed by atoms with van der Waals surface area (Å²) < 4.78 is 0. The summed E-state index contributed by atoms with van der Waals surface area (Å²) in [7, 11) is 0. The average molecular weight is 259 g/mol. The number of carboxylic acids is 1. The molecule has 0 bridgehead atoms. The van der Waals surface area contributed by atoms with Crippen LogP contribution in [0.15, 0.2) is 24.3 Å². The molecule has 1 N–H and O–H groups in total. The summed E-state index contributed by atoms with van der Waals surface area (Å²) in [5.41, 5.74) is 2.49. The Morgan fingerprint density at radius 3 is 2.42 bits per heavy atom.